The first-order valence-electron chi connectivity index (χ1n) is 4.58. The number of nitrogens with zero attached hydrogens (tertiary/aromatic N) is 2. The summed E-state index contributed by atoms with van der Waals surface area (Å²) in [6.45, 7) is -0.0296. The van der Waals surface area contributed by atoms with Crippen molar-refractivity contribution < 1.29 is 13.0 Å². The van der Waals surface area contributed by atoms with Crippen molar-refractivity contribution in [1.29, 1.82) is 0 Å². The van der Waals surface area contributed by atoms with E-state index in [1.807, 2.05) is 0 Å². The first-order chi connectivity index (χ1) is 7.96. The summed E-state index contributed by atoms with van der Waals surface area (Å²) in [5.74, 6) is -0.162. The maximum absolute atomic E-state index is 11.0. The second-order valence-electron chi connectivity index (χ2n) is 3.24. The van der Waals surface area contributed by atoms with Gasteiger partial charge in [0.25, 0.3) is 10.1 Å². The molecule has 2 heterocycles. The molecule has 2 aromatic heterocycles. The molecule has 0 aromatic carbocycles. The third-order valence-electron chi connectivity index (χ3n) is 1.97. The fraction of sp³-hybridized carbons (Fsp3) is 0.286. The number of aromatic amines is 2. The van der Waals surface area contributed by atoms with E-state index in [2.05, 4.69) is 25.3 Å². The van der Waals surface area contributed by atoms with Crippen LogP contribution in [0.15, 0.2) is 11.1 Å². The average Bonchev–Trinajstić information content (AvgIpc) is 2.57. The van der Waals surface area contributed by atoms with Crippen molar-refractivity contribution in [2.24, 2.45) is 0 Å². The van der Waals surface area contributed by atoms with Gasteiger partial charge in [0.2, 0.25) is 0 Å². The van der Waals surface area contributed by atoms with Crippen molar-refractivity contribution in [3.8, 4) is 0 Å². The molecular weight excluding hydrogens is 250 g/mol. The van der Waals surface area contributed by atoms with Crippen molar-refractivity contribution in [1.82, 2.24) is 19.9 Å². The molecule has 92 valence electrons. The molecule has 0 aliphatic carbocycles. The molecule has 2 rings (SSSR count). The Bertz CT molecular complexity index is 688. The molecule has 4 N–H and O–H groups in total. The number of imidazole rings is 1. The van der Waals surface area contributed by atoms with Crippen molar-refractivity contribution in [3.63, 3.8) is 0 Å². The summed E-state index contributed by atoms with van der Waals surface area (Å²) in [5.41, 5.74) is 0.241. The minimum atomic E-state index is -4.03. The minimum absolute atomic E-state index is 0.0296. The molecule has 0 unspecified atom stereocenters. The van der Waals surface area contributed by atoms with E-state index in [-0.39, 0.29) is 12.4 Å². The molecule has 0 fully saturated rings. The zero-order chi connectivity index (χ0) is 12.5. The molecule has 0 spiro atoms. The molecule has 0 radical (unpaired) electrons. The molecule has 9 nitrogen and oxygen atoms in total. The molecule has 0 atom stereocenters. The SMILES string of the molecule is O=c1[nH]c2ncnc(NCCS(=O)(=O)O)c2[nH]1. The zero-order valence-corrected chi connectivity index (χ0v) is 9.28. The van der Waals surface area contributed by atoms with Crippen LogP contribution in [0.5, 0.6) is 0 Å². The van der Waals surface area contributed by atoms with Crippen LogP contribution in [-0.2, 0) is 10.1 Å². The molecule has 17 heavy (non-hydrogen) atoms. The van der Waals surface area contributed by atoms with Crippen LogP contribution >= 0.6 is 0 Å². The van der Waals surface area contributed by atoms with Crippen LogP contribution in [0.4, 0.5) is 5.82 Å². The van der Waals surface area contributed by atoms with Gasteiger partial charge in [-0.05, 0) is 0 Å². The van der Waals surface area contributed by atoms with Gasteiger partial charge in [-0.2, -0.15) is 8.42 Å². The summed E-state index contributed by atoms with van der Waals surface area (Å²) in [6, 6.07) is 0. The highest BCUT2D eigenvalue weighted by Crippen LogP contribution is 2.12. The number of fused-ring (bicyclic) bond motifs is 1. The first-order valence-corrected chi connectivity index (χ1v) is 6.19. The summed E-state index contributed by atoms with van der Waals surface area (Å²) < 4.78 is 29.6. The molecule has 0 saturated heterocycles. The van der Waals surface area contributed by atoms with Crippen LogP contribution in [0.2, 0.25) is 0 Å². The molecule has 0 amide bonds. The van der Waals surface area contributed by atoms with Gasteiger partial charge in [-0.15, -0.1) is 0 Å². The van der Waals surface area contributed by atoms with E-state index >= 15 is 0 Å². The Morgan fingerprint density at radius 2 is 2.12 bits per heavy atom. The van der Waals surface area contributed by atoms with E-state index in [0.717, 1.165) is 0 Å². The quantitative estimate of drug-likeness (QED) is 0.513. The van der Waals surface area contributed by atoms with Crippen LogP contribution in [-0.4, -0.2) is 45.2 Å². The highest BCUT2D eigenvalue weighted by atomic mass is 32.2. The van der Waals surface area contributed by atoms with E-state index < -0.39 is 21.6 Å². The molecule has 0 saturated carbocycles. The zero-order valence-electron chi connectivity index (χ0n) is 8.47. The van der Waals surface area contributed by atoms with Gasteiger partial charge < -0.3 is 10.3 Å². The second kappa shape index (κ2) is 4.14. The largest absolute Gasteiger partial charge is 0.367 e. The molecule has 2 aromatic rings. The van der Waals surface area contributed by atoms with Gasteiger partial charge in [-0.25, -0.2) is 14.8 Å². The predicted molar refractivity (Wildman–Crippen MR) is 59.4 cm³/mol. The van der Waals surface area contributed by atoms with Crippen LogP contribution < -0.4 is 11.0 Å². The Morgan fingerprint density at radius 1 is 1.35 bits per heavy atom. The number of hydrogen-bond donors (Lipinski definition) is 4. The van der Waals surface area contributed by atoms with Crippen molar-refractivity contribution in [2.45, 2.75) is 0 Å². The van der Waals surface area contributed by atoms with E-state index in [1.54, 1.807) is 0 Å². The van der Waals surface area contributed by atoms with E-state index in [1.165, 1.54) is 6.33 Å². The van der Waals surface area contributed by atoms with Gasteiger partial charge in [0.1, 0.15) is 11.8 Å². The Morgan fingerprint density at radius 3 is 2.82 bits per heavy atom. The van der Waals surface area contributed by atoms with Gasteiger partial charge in [-0.1, -0.05) is 0 Å². The van der Waals surface area contributed by atoms with E-state index in [0.29, 0.717) is 11.2 Å². The van der Waals surface area contributed by atoms with Gasteiger partial charge in [-0.3, -0.25) is 9.54 Å². The molecule has 0 aliphatic rings. The van der Waals surface area contributed by atoms with Crippen LogP contribution in [0.1, 0.15) is 0 Å². The Labute approximate surface area is 95.1 Å². The number of hydrogen-bond acceptors (Lipinski definition) is 6. The van der Waals surface area contributed by atoms with Gasteiger partial charge >= 0.3 is 5.69 Å². The fourth-order valence-electron chi connectivity index (χ4n) is 1.28. The molecular formula is C7H9N5O4S. The Hall–Kier alpha value is -1.94. The summed E-state index contributed by atoms with van der Waals surface area (Å²) in [4.78, 5) is 23.6. The third-order valence-corrected chi connectivity index (χ3v) is 2.69. The maximum Gasteiger partial charge on any atom is 0.325 e. The fourth-order valence-corrected chi connectivity index (χ4v) is 1.64. The van der Waals surface area contributed by atoms with Gasteiger partial charge in [0.15, 0.2) is 11.5 Å². The van der Waals surface area contributed by atoms with Crippen molar-refractivity contribution >= 4 is 27.1 Å². The van der Waals surface area contributed by atoms with E-state index in [9.17, 15) is 13.2 Å². The van der Waals surface area contributed by atoms with Crippen LogP contribution in [0.3, 0.4) is 0 Å². The highest BCUT2D eigenvalue weighted by molar-refractivity contribution is 7.85. The van der Waals surface area contributed by atoms with Gasteiger partial charge in [0.05, 0.1) is 5.75 Å². The molecule has 10 heteroatoms. The van der Waals surface area contributed by atoms with Crippen molar-refractivity contribution in [3.05, 3.63) is 16.8 Å². The number of aromatic nitrogens is 4. The highest BCUT2D eigenvalue weighted by Gasteiger charge is 2.08. The van der Waals surface area contributed by atoms with Crippen LogP contribution in [0, 0.1) is 0 Å². The summed E-state index contributed by atoms with van der Waals surface area (Å²) in [7, 11) is -4.03. The summed E-state index contributed by atoms with van der Waals surface area (Å²) >= 11 is 0. The summed E-state index contributed by atoms with van der Waals surface area (Å²) in [5, 5.41) is 2.68. The number of nitrogens with one attached hydrogen (secondary N) is 3. The minimum Gasteiger partial charge on any atom is -0.367 e. The first kappa shape index (κ1) is 11.5. The molecule has 0 aliphatic heterocycles. The number of rotatable bonds is 4. The normalized spacial score (nSPS) is 11.8. The predicted octanol–water partition coefficient (Wildman–Crippen LogP) is -1.05. The Balaban J connectivity index is 2.21. The lowest BCUT2D eigenvalue weighted by Gasteiger charge is -2.03. The maximum atomic E-state index is 11.0. The average molecular weight is 259 g/mol. The second-order valence-corrected chi connectivity index (χ2v) is 4.81. The lowest BCUT2D eigenvalue weighted by atomic mass is 10.5. The lowest BCUT2D eigenvalue weighted by molar-refractivity contribution is 0.484. The number of anilines is 1. The Kier molecular flexibility index (Phi) is 2.81. The standard InChI is InChI=1S/C7H9N5O4S/c13-7-11-4-5(8-1-2-17(14,15)16)9-3-10-6(4)12-7/h3H,1-2H2,(H,14,15,16)(H3,8,9,10,11,12,13). The summed E-state index contributed by atoms with van der Waals surface area (Å²) in [6.07, 6.45) is 1.22. The van der Waals surface area contributed by atoms with Gasteiger partial charge in [0, 0.05) is 6.54 Å². The monoisotopic (exact) mass is 259 g/mol. The topological polar surface area (TPSA) is 141 Å². The lowest BCUT2D eigenvalue weighted by Crippen LogP contribution is -2.15. The van der Waals surface area contributed by atoms with Crippen LogP contribution in [0.25, 0.3) is 11.2 Å². The van der Waals surface area contributed by atoms with Crippen molar-refractivity contribution in [2.75, 3.05) is 17.6 Å². The van der Waals surface area contributed by atoms with E-state index in [4.69, 9.17) is 4.55 Å². The third kappa shape index (κ3) is 2.79. The number of H-pyrrole nitrogens is 2. The molecule has 0 bridgehead atoms. The smallest absolute Gasteiger partial charge is 0.325 e.